The topological polar surface area (TPSA) is 99.0 Å². The number of morpholine rings is 1. The molecule has 1 unspecified atom stereocenters. The predicted octanol–water partition coefficient (Wildman–Crippen LogP) is 3.01. The Morgan fingerprint density at radius 2 is 1.82 bits per heavy atom. The highest BCUT2D eigenvalue weighted by Crippen LogP contribution is 2.27. The van der Waals surface area contributed by atoms with Gasteiger partial charge in [-0.05, 0) is 6.07 Å². The van der Waals surface area contributed by atoms with Crippen LogP contribution in [0, 0.1) is 10.1 Å². The minimum Gasteiger partial charge on any atom is -0.444 e. The molecule has 1 aliphatic heterocycles. The molecule has 1 fully saturated rings. The van der Waals surface area contributed by atoms with Crippen LogP contribution in [-0.2, 0) is 14.3 Å². The van der Waals surface area contributed by atoms with Gasteiger partial charge in [0.15, 0.2) is 0 Å². The first kappa shape index (κ1) is 19.8. The zero-order valence-corrected chi connectivity index (χ0v) is 15.5. The van der Waals surface area contributed by atoms with E-state index < -0.39 is 17.0 Å². The molecular weight excluding hydrogens is 388 g/mol. The molecule has 28 heavy (non-hydrogen) atoms. The van der Waals surface area contributed by atoms with E-state index in [-0.39, 0.29) is 22.2 Å². The van der Waals surface area contributed by atoms with Crippen LogP contribution >= 0.6 is 11.6 Å². The third-order valence-corrected chi connectivity index (χ3v) is 4.57. The van der Waals surface area contributed by atoms with E-state index in [4.69, 9.17) is 21.1 Å². The fourth-order valence-corrected chi connectivity index (χ4v) is 3.04. The summed E-state index contributed by atoms with van der Waals surface area (Å²) in [6.45, 7) is 1.63. The molecule has 0 N–H and O–H groups in total. The highest BCUT2D eigenvalue weighted by Gasteiger charge is 2.31. The van der Waals surface area contributed by atoms with Crippen molar-refractivity contribution in [2.75, 3.05) is 26.3 Å². The number of amides is 1. The number of carbonyl (C=O) groups excluding carboxylic acids is 2. The van der Waals surface area contributed by atoms with Gasteiger partial charge in [-0.3, -0.25) is 14.9 Å². The number of nitro benzene ring substituents is 1. The van der Waals surface area contributed by atoms with Crippen molar-refractivity contribution in [2.24, 2.45) is 0 Å². The number of hydrogen-bond acceptors (Lipinski definition) is 6. The van der Waals surface area contributed by atoms with Crippen LogP contribution in [0.1, 0.15) is 22.0 Å². The lowest BCUT2D eigenvalue weighted by molar-refractivity contribution is -0.384. The van der Waals surface area contributed by atoms with E-state index in [0.717, 1.165) is 12.1 Å². The molecule has 1 aliphatic rings. The van der Waals surface area contributed by atoms with E-state index >= 15 is 0 Å². The smallest absolute Gasteiger partial charge is 0.340 e. The summed E-state index contributed by atoms with van der Waals surface area (Å²) in [6.07, 6.45) is -1.15. The fourth-order valence-electron chi connectivity index (χ4n) is 2.79. The van der Waals surface area contributed by atoms with Crippen LogP contribution in [-0.4, -0.2) is 48.0 Å². The van der Waals surface area contributed by atoms with Gasteiger partial charge in [-0.15, -0.1) is 0 Å². The molecule has 8 nitrogen and oxygen atoms in total. The molecule has 0 aliphatic carbocycles. The lowest BCUT2D eigenvalue weighted by Gasteiger charge is -2.30. The standard InChI is InChI=1S/C19H17ClN2O6/c20-16-12-14(22(25)26)6-7-15(16)19(24)28-17(13-4-2-1-3-5-13)18(23)21-8-10-27-11-9-21/h1-7,12,17H,8-11H2. The van der Waals surface area contributed by atoms with Crippen LogP contribution in [0.2, 0.25) is 5.02 Å². The minimum absolute atomic E-state index is 0.0528. The third-order valence-electron chi connectivity index (χ3n) is 4.26. The Kier molecular flexibility index (Phi) is 6.23. The predicted molar refractivity (Wildman–Crippen MR) is 100 cm³/mol. The maximum absolute atomic E-state index is 13.0. The van der Waals surface area contributed by atoms with E-state index in [0.29, 0.717) is 31.9 Å². The zero-order chi connectivity index (χ0) is 20.1. The van der Waals surface area contributed by atoms with Gasteiger partial charge >= 0.3 is 5.97 Å². The van der Waals surface area contributed by atoms with Gasteiger partial charge in [0.2, 0.25) is 6.10 Å². The molecule has 0 aromatic heterocycles. The van der Waals surface area contributed by atoms with Gasteiger partial charge in [0, 0.05) is 30.8 Å². The maximum Gasteiger partial charge on any atom is 0.340 e. The van der Waals surface area contributed by atoms with Crippen molar-refractivity contribution in [2.45, 2.75) is 6.10 Å². The molecular formula is C19H17ClN2O6. The van der Waals surface area contributed by atoms with Gasteiger partial charge in [0.25, 0.3) is 11.6 Å². The molecule has 9 heteroatoms. The second kappa shape index (κ2) is 8.81. The lowest BCUT2D eigenvalue weighted by Crippen LogP contribution is -2.44. The second-order valence-electron chi connectivity index (χ2n) is 6.05. The fraction of sp³-hybridized carbons (Fsp3) is 0.263. The Bertz CT molecular complexity index is 883. The summed E-state index contributed by atoms with van der Waals surface area (Å²) in [5, 5.41) is 10.7. The number of rotatable bonds is 5. The quantitative estimate of drug-likeness (QED) is 0.431. The number of halogens is 1. The van der Waals surface area contributed by atoms with Crippen molar-refractivity contribution in [3.05, 3.63) is 74.8 Å². The number of non-ortho nitro benzene ring substituents is 1. The number of nitrogens with zero attached hydrogens (tertiary/aromatic N) is 2. The second-order valence-corrected chi connectivity index (χ2v) is 6.46. The van der Waals surface area contributed by atoms with Crippen LogP contribution < -0.4 is 0 Å². The monoisotopic (exact) mass is 404 g/mol. The lowest BCUT2D eigenvalue weighted by atomic mass is 10.1. The molecule has 2 aromatic rings. The number of hydrogen-bond donors (Lipinski definition) is 0. The molecule has 0 bridgehead atoms. The van der Waals surface area contributed by atoms with Gasteiger partial charge in [0.05, 0.1) is 28.7 Å². The van der Waals surface area contributed by atoms with Crippen LogP contribution in [0.5, 0.6) is 0 Å². The first-order valence-electron chi connectivity index (χ1n) is 8.54. The van der Waals surface area contributed by atoms with Gasteiger partial charge in [-0.1, -0.05) is 41.9 Å². The van der Waals surface area contributed by atoms with E-state index in [1.165, 1.54) is 6.07 Å². The van der Waals surface area contributed by atoms with Crippen molar-refractivity contribution in [1.82, 2.24) is 4.90 Å². The molecule has 1 amide bonds. The Labute approximate surface area is 165 Å². The average Bonchev–Trinajstić information content (AvgIpc) is 2.72. The molecule has 2 aromatic carbocycles. The van der Waals surface area contributed by atoms with E-state index in [1.807, 2.05) is 0 Å². The summed E-state index contributed by atoms with van der Waals surface area (Å²) in [5.74, 6) is -1.20. The average molecular weight is 405 g/mol. The molecule has 146 valence electrons. The summed E-state index contributed by atoms with van der Waals surface area (Å²) in [7, 11) is 0. The Morgan fingerprint density at radius 1 is 1.14 bits per heavy atom. The molecule has 1 saturated heterocycles. The van der Waals surface area contributed by atoms with Gasteiger partial charge < -0.3 is 14.4 Å². The van der Waals surface area contributed by atoms with Crippen molar-refractivity contribution < 1.29 is 24.0 Å². The zero-order valence-electron chi connectivity index (χ0n) is 14.7. The molecule has 0 spiro atoms. The maximum atomic E-state index is 13.0. The molecule has 0 saturated carbocycles. The first-order chi connectivity index (χ1) is 13.5. The number of esters is 1. The van der Waals surface area contributed by atoms with Crippen LogP contribution in [0.25, 0.3) is 0 Å². The third kappa shape index (κ3) is 4.47. The van der Waals surface area contributed by atoms with Gasteiger partial charge in [-0.2, -0.15) is 0 Å². The minimum atomic E-state index is -1.15. The highest BCUT2D eigenvalue weighted by atomic mass is 35.5. The SMILES string of the molecule is O=C(OC(C(=O)N1CCOCC1)c1ccccc1)c1ccc([N+](=O)[O-])cc1Cl. The van der Waals surface area contributed by atoms with Crippen molar-refractivity contribution in [3.8, 4) is 0 Å². The van der Waals surface area contributed by atoms with Crippen LogP contribution in [0.4, 0.5) is 5.69 Å². The summed E-state index contributed by atoms with van der Waals surface area (Å²) in [6, 6.07) is 12.1. The summed E-state index contributed by atoms with van der Waals surface area (Å²) in [4.78, 5) is 37.4. The van der Waals surface area contributed by atoms with Crippen LogP contribution in [0.15, 0.2) is 48.5 Å². The van der Waals surface area contributed by atoms with E-state index in [2.05, 4.69) is 0 Å². The summed E-state index contributed by atoms with van der Waals surface area (Å²) < 4.78 is 10.8. The van der Waals surface area contributed by atoms with Gasteiger partial charge in [-0.25, -0.2) is 4.79 Å². The molecule has 1 heterocycles. The van der Waals surface area contributed by atoms with Crippen molar-refractivity contribution in [1.29, 1.82) is 0 Å². The van der Waals surface area contributed by atoms with Gasteiger partial charge in [0.1, 0.15) is 0 Å². The van der Waals surface area contributed by atoms with Crippen LogP contribution in [0.3, 0.4) is 0 Å². The van der Waals surface area contributed by atoms with E-state index in [1.54, 1.807) is 35.2 Å². The Morgan fingerprint density at radius 3 is 2.43 bits per heavy atom. The largest absolute Gasteiger partial charge is 0.444 e. The number of benzene rings is 2. The highest BCUT2D eigenvalue weighted by molar-refractivity contribution is 6.33. The van der Waals surface area contributed by atoms with Crippen molar-refractivity contribution in [3.63, 3.8) is 0 Å². The number of carbonyl (C=O) groups is 2. The first-order valence-corrected chi connectivity index (χ1v) is 8.91. The summed E-state index contributed by atoms with van der Waals surface area (Å²) >= 11 is 6.01. The summed E-state index contributed by atoms with van der Waals surface area (Å²) in [5.41, 5.74) is 0.221. The van der Waals surface area contributed by atoms with Crippen molar-refractivity contribution >= 4 is 29.2 Å². The molecule has 3 rings (SSSR count). The Balaban J connectivity index is 1.86. The Hall–Kier alpha value is -2.97. The number of nitro groups is 1. The molecule has 0 radical (unpaired) electrons. The molecule has 1 atom stereocenters. The number of ether oxygens (including phenoxy) is 2. The normalized spacial score (nSPS) is 15.0. The van der Waals surface area contributed by atoms with E-state index in [9.17, 15) is 19.7 Å².